The van der Waals surface area contributed by atoms with Crippen LogP contribution < -0.4 is 0 Å². The second kappa shape index (κ2) is 6.32. The van der Waals surface area contributed by atoms with Crippen LogP contribution in [0.5, 0.6) is 0 Å². The number of nitrogens with zero attached hydrogens (tertiary/aromatic N) is 3. The first-order valence-corrected chi connectivity index (χ1v) is 10.6. The summed E-state index contributed by atoms with van der Waals surface area (Å²) in [6.07, 6.45) is -0.167. The van der Waals surface area contributed by atoms with Gasteiger partial charge in [-0.25, -0.2) is 4.57 Å². The van der Waals surface area contributed by atoms with Crippen LogP contribution >= 0.6 is 29.3 Å². The van der Waals surface area contributed by atoms with E-state index in [1.807, 2.05) is 23.9 Å². The molecule has 2 heterocycles. The molecule has 0 aliphatic carbocycles. The van der Waals surface area contributed by atoms with Gasteiger partial charge in [0.25, 0.3) is 0 Å². The molecular weight excluding hydrogens is 329 g/mol. The average Bonchev–Trinajstić information content (AvgIpc) is 2.86. The molecule has 122 valence electrons. The third-order valence-electron chi connectivity index (χ3n) is 3.67. The van der Waals surface area contributed by atoms with E-state index in [2.05, 4.69) is 25.5 Å². The van der Waals surface area contributed by atoms with Crippen LogP contribution in [-0.4, -0.2) is 66.2 Å². The summed E-state index contributed by atoms with van der Waals surface area (Å²) in [7, 11) is 5.25. The summed E-state index contributed by atoms with van der Waals surface area (Å²) in [5.74, 6) is 0.656. The fourth-order valence-electron chi connectivity index (χ4n) is 2.38. The Morgan fingerprint density at radius 2 is 1.90 bits per heavy atom. The first-order valence-electron chi connectivity index (χ1n) is 6.90. The van der Waals surface area contributed by atoms with Crippen molar-refractivity contribution in [3.63, 3.8) is 0 Å². The monoisotopic (exact) mass is 353 g/mol. The van der Waals surface area contributed by atoms with E-state index in [1.54, 1.807) is 21.6 Å². The Hall–Kier alpha value is 0.120. The summed E-state index contributed by atoms with van der Waals surface area (Å²) in [5, 5.41) is 0.243. The normalized spacial score (nSPS) is 31.6. The van der Waals surface area contributed by atoms with Gasteiger partial charge >= 0.3 is 7.75 Å². The second-order valence-electron chi connectivity index (χ2n) is 5.91. The minimum atomic E-state index is -3.51. The molecule has 2 rings (SSSR count). The molecule has 2 saturated heterocycles. The standard InChI is InChI=1S/C12H24N3O3PS2/c1-9-10(12(2,3)21-20-9)18-19(16,17-6)13-11-14(4)7-8-15(11)5/h9-10H,7-8H2,1-6H3/t9-,10+,19?/m0/s1. The van der Waals surface area contributed by atoms with Gasteiger partial charge in [0.15, 0.2) is 0 Å². The van der Waals surface area contributed by atoms with Gasteiger partial charge in [-0.3, -0.25) is 9.05 Å². The van der Waals surface area contributed by atoms with Crippen LogP contribution in [0.4, 0.5) is 0 Å². The van der Waals surface area contributed by atoms with Gasteiger partial charge < -0.3 is 9.80 Å². The number of likely N-dealkylation sites (N-methyl/N-ethyl adjacent to an activating group) is 2. The quantitative estimate of drug-likeness (QED) is 0.569. The van der Waals surface area contributed by atoms with Crippen molar-refractivity contribution in [3.8, 4) is 0 Å². The number of hydrogen-bond acceptors (Lipinski definition) is 5. The van der Waals surface area contributed by atoms with E-state index in [9.17, 15) is 4.57 Å². The number of rotatable bonds is 4. The molecular formula is C12H24N3O3PS2. The molecule has 0 amide bonds. The summed E-state index contributed by atoms with van der Waals surface area (Å²) in [6.45, 7) is 7.99. The van der Waals surface area contributed by atoms with Gasteiger partial charge in [-0.05, 0) is 20.8 Å². The summed E-state index contributed by atoms with van der Waals surface area (Å²) in [5.41, 5.74) is 0. The molecule has 0 saturated carbocycles. The highest BCUT2D eigenvalue weighted by Crippen LogP contribution is 2.59. The van der Waals surface area contributed by atoms with Gasteiger partial charge in [0.1, 0.15) is 0 Å². The molecule has 0 N–H and O–H groups in total. The maximum absolute atomic E-state index is 12.9. The van der Waals surface area contributed by atoms with E-state index in [0.29, 0.717) is 5.96 Å². The van der Waals surface area contributed by atoms with Gasteiger partial charge in [0, 0.05) is 44.3 Å². The van der Waals surface area contributed by atoms with Crippen LogP contribution in [0.1, 0.15) is 20.8 Å². The zero-order valence-electron chi connectivity index (χ0n) is 13.4. The molecule has 1 unspecified atom stereocenters. The highest BCUT2D eigenvalue weighted by atomic mass is 33.1. The molecule has 9 heteroatoms. The molecule has 21 heavy (non-hydrogen) atoms. The molecule has 2 aliphatic heterocycles. The highest BCUT2D eigenvalue weighted by Gasteiger charge is 2.47. The molecule has 0 spiro atoms. The molecule has 2 fully saturated rings. The van der Waals surface area contributed by atoms with Crippen molar-refractivity contribution in [1.29, 1.82) is 0 Å². The van der Waals surface area contributed by atoms with Gasteiger partial charge in [-0.15, -0.1) is 4.76 Å². The lowest BCUT2D eigenvalue weighted by Crippen LogP contribution is -2.36. The highest BCUT2D eigenvalue weighted by molar-refractivity contribution is 8.77. The summed E-state index contributed by atoms with van der Waals surface area (Å²) >= 11 is 0. The smallest absolute Gasteiger partial charge is 0.344 e. The van der Waals surface area contributed by atoms with Crippen molar-refractivity contribution >= 4 is 35.3 Å². The van der Waals surface area contributed by atoms with E-state index < -0.39 is 7.75 Å². The van der Waals surface area contributed by atoms with Gasteiger partial charge in [-0.2, -0.15) is 0 Å². The first kappa shape index (κ1) is 17.5. The van der Waals surface area contributed by atoms with Crippen molar-refractivity contribution in [1.82, 2.24) is 9.80 Å². The summed E-state index contributed by atoms with van der Waals surface area (Å²) in [4.78, 5) is 3.92. The Balaban J connectivity index is 2.22. The lowest BCUT2D eigenvalue weighted by Gasteiger charge is -2.29. The predicted molar refractivity (Wildman–Crippen MR) is 90.9 cm³/mol. The van der Waals surface area contributed by atoms with Gasteiger partial charge in [0.05, 0.1) is 6.10 Å². The Morgan fingerprint density at radius 3 is 2.33 bits per heavy atom. The van der Waals surface area contributed by atoms with Gasteiger partial charge in [-0.1, -0.05) is 21.6 Å². The Morgan fingerprint density at radius 1 is 1.33 bits per heavy atom. The van der Waals surface area contributed by atoms with Crippen molar-refractivity contribution in [3.05, 3.63) is 0 Å². The minimum Gasteiger partial charge on any atom is -0.344 e. The molecule has 0 radical (unpaired) electrons. The molecule has 2 aliphatic rings. The van der Waals surface area contributed by atoms with Crippen molar-refractivity contribution in [2.75, 3.05) is 34.3 Å². The van der Waals surface area contributed by atoms with Crippen molar-refractivity contribution in [2.45, 2.75) is 36.9 Å². The van der Waals surface area contributed by atoms with Crippen LogP contribution in [0.15, 0.2) is 4.76 Å². The first-order chi connectivity index (χ1) is 9.68. The maximum atomic E-state index is 12.9. The molecule has 3 atom stereocenters. The van der Waals surface area contributed by atoms with Crippen LogP contribution in [-0.2, 0) is 13.6 Å². The van der Waals surface area contributed by atoms with E-state index in [1.165, 1.54) is 7.11 Å². The minimum absolute atomic E-state index is 0.119. The van der Waals surface area contributed by atoms with Crippen LogP contribution in [0, 0.1) is 0 Å². The zero-order valence-corrected chi connectivity index (χ0v) is 15.9. The van der Waals surface area contributed by atoms with Crippen LogP contribution in [0.2, 0.25) is 0 Å². The fourth-order valence-corrected chi connectivity index (χ4v) is 7.12. The Labute approximate surface area is 135 Å². The largest absolute Gasteiger partial charge is 0.457 e. The second-order valence-corrected chi connectivity index (χ2v) is 10.9. The molecule has 6 nitrogen and oxygen atoms in total. The molecule has 0 aromatic carbocycles. The van der Waals surface area contributed by atoms with Crippen LogP contribution in [0.3, 0.4) is 0 Å². The lowest BCUT2D eigenvalue weighted by molar-refractivity contribution is 0.140. The summed E-state index contributed by atoms with van der Waals surface area (Å²) in [6, 6.07) is 0. The van der Waals surface area contributed by atoms with Crippen LogP contribution in [0.25, 0.3) is 0 Å². The Kier molecular flexibility index (Phi) is 5.26. The topological polar surface area (TPSA) is 54.4 Å². The SMILES string of the molecule is COP(=O)(N=C1N(C)CCN1C)O[C@@H]1[C@H](C)SSC1(C)C. The van der Waals surface area contributed by atoms with Gasteiger partial charge in [0.2, 0.25) is 5.96 Å². The third kappa shape index (κ3) is 3.72. The molecule has 0 aromatic heterocycles. The third-order valence-corrected chi connectivity index (χ3v) is 8.84. The van der Waals surface area contributed by atoms with E-state index in [0.717, 1.165) is 13.1 Å². The van der Waals surface area contributed by atoms with E-state index in [-0.39, 0.29) is 16.1 Å². The van der Waals surface area contributed by atoms with Crippen molar-refractivity contribution < 1.29 is 13.6 Å². The van der Waals surface area contributed by atoms with E-state index in [4.69, 9.17) is 9.05 Å². The summed E-state index contributed by atoms with van der Waals surface area (Å²) < 4.78 is 28.2. The lowest BCUT2D eigenvalue weighted by atomic mass is 10.0. The van der Waals surface area contributed by atoms with Crippen molar-refractivity contribution in [2.24, 2.45) is 4.76 Å². The van der Waals surface area contributed by atoms with E-state index >= 15 is 0 Å². The Bertz CT molecular complexity index is 463. The fraction of sp³-hybridized carbons (Fsp3) is 0.917. The average molecular weight is 353 g/mol. The number of guanidine groups is 1. The molecule has 0 aromatic rings. The zero-order chi connectivity index (χ0) is 15.8. The number of hydrogen-bond donors (Lipinski definition) is 0. The molecule has 0 bridgehead atoms. The maximum Gasteiger partial charge on any atom is 0.457 e. The predicted octanol–water partition coefficient (Wildman–Crippen LogP) is 2.92.